The quantitative estimate of drug-likeness (QED) is 0.656. The van der Waals surface area contributed by atoms with Crippen LogP contribution in [-0.4, -0.2) is 36.4 Å². The Balaban J connectivity index is 2.17. The maximum atomic E-state index is 12.9. The van der Waals surface area contributed by atoms with E-state index in [2.05, 4.69) is 21.2 Å². The molecule has 0 radical (unpaired) electrons. The number of likely N-dealkylation sites (N-methyl/N-ethyl adjacent to an activating group) is 1. The molecule has 0 aliphatic rings. The largest absolute Gasteiger partial charge is 0.483 e. The molecule has 144 valence electrons. The molecule has 0 heterocycles. The Morgan fingerprint density at radius 2 is 1.93 bits per heavy atom. The molecule has 0 saturated carbocycles. The average molecular weight is 454 g/mol. The molecular formula is C20H22BrClN2O3. The zero-order valence-corrected chi connectivity index (χ0v) is 17.6. The Labute approximate surface area is 172 Å². The molecular weight excluding hydrogens is 432 g/mol. The molecule has 2 aromatic carbocycles. The summed E-state index contributed by atoms with van der Waals surface area (Å²) in [6, 6.07) is 14.1. The number of carbonyl (C=O) groups is 2. The second-order valence-corrected chi connectivity index (χ2v) is 7.20. The number of ether oxygens (including phenoxy) is 1. The Hall–Kier alpha value is -2.05. The predicted molar refractivity (Wildman–Crippen MR) is 110 cm³/mol. The van der Waals surface area contributed by atoms with Gasteiger partial charge in [0.25, 0.3) is 5.91 Å². The standard InChI is InChI=1S/C20H22BrClN2O3/c1-3-17(20(26)23-2)24(12-14-7-5-4-6-8-14)19(25)13-27-18-10-9-15(22)11-16(18)21/h4-11,17H,3,12-13H2,1-2H3,(H,23,26)/t17-/m0/s1. The van der Waals surface area contributed by atoms with Crippen LogP contribution in [0, 0.1) is 0 Å². The first kappa shape index (κ1) is 21.3. The number of hydrogen-bond donors (Lipinski definition) is 1. The molecule has 0 unspecified atom stereocenters. The highest BCUT2D eigenvalue weighted by Gasteiger charge is 2.28. The molecule has 1 N–H and O–H groups in total. The van der Waals surface area contributed by atoms with Gasteiger partial charge in [-0.2, -0.15) is 0 Å². The monoisotopic (exact) mass is 452 g/mol. The Kier molecular flexibility index (Phi) is 8.13. The third kappa shape index (κ3) is 5.97. The first-order chi connectivity index (χ1) is 13.0. The lowest BCUT2D eigenvalue weighted by Gasteiger charge is -2.30. The van der Waals surface area contributed by atoms with Crippen molar-refractivity contribution in [2.24, 2.45) is 0 Å². The lowest BCUT2D eigenvalue weighted by atomic mass is 10.1. The molecule has 7 heteroatoms. The molecule has 5 nitrogen and oxygen atoms in total. The third-order valence-corrected chi connectivity index (χ3v) is 4.93. The van der Waals surface area contributed by atoms with Crippen molar-refractivity contribution in [3.8, 4) is 5.75 Å². The predicted octanol–water partition coefficient (Wildman–Crippen LogP) is 4.03. The van der Waals surface area contributed by atoms with E-state index in [-0.39, 0.29) is 18.4 Å². The van der Waals surface area contributed by atoms with Gasteiger partial charge in [0.2, 0.25) is 5.91 Å². The highest BCUT2D eigenvalue weighted by atomic mass is 79.9. The van der Waals surface area contributed by atoms with E-state index in [1.807, 2.05) is 37.3 Å². The molecule has 0 spiro atoms. The minimum absolute atomic E-state index is 0.180. The molecule has 0 aromatic heterocycles. The maximum absolute atomic E-state index is 12.9. The van der Waals surface area contributed by atoms with Crippen LogP contribution in [-0.2, 0) is 16.1 Å². The van der Waals surface area contributed by atoms with Gasteiger partial charge in [-0.1, -0.05) is 48.9 Å². The summed E-state index contributed by atoms with van der Waals surface area (Å²) in [5.74, 6) is 0.0472. The van der Waals surface area contributed by atoms with Crippen LogP contribution in [0.15, 0.2) is 53.0 Å². The zero-order chi connectivity index (χ0) is 19.8. The number of hydrogen-bond acceptors (Lipinski definition) is 3. The van der Waals surface area contributed by atoms with E-state index in [4.69, 9.17) is 16.3 Å². The lowest BCUT2D eigenvalue weighted by Crippen LogP contribution is -2.49. The average Bonchev–Trinajstić information content (AvgIpc) is 2.67. The van der Waals surface area contributed by atoms with E-state index in [1.165, 1.54) is 0 Å². The van der Waals surface area contributed by atoms with Crippen LogP contribution in [0.4, 0.5) is 0 Å². The van der Waals surface area contributed by atoms with Crippen molar-refractivity contribution in [3.63, 3.8) is 0 Å². The lowest BCUT2D eigenvalue weighted by molar-refractivity contribution is -0.142. The molecule has 1 atom stereocenters. The Morgan fingerprint density at radius 3 is 2.52 bits per heavy atom. The van der Waals surface area contributed by atoms with E-state index in [1.54, 1.807) is 30.1 Å². The zero-order valence-electron chi connectivity index (χ0n) is 15.2. The smallest absolute Gasteiger partial charge is 0.261 e. The van der Waals surface area contributed by atoms with E-state index < -0.39 is 6.04 Å². The van der Waals surface area contributed by atoms with Crippen molar-refractivity contribution in [2.45, 2.75) is 25.9 Å². The van der Waals surface area contributed by atoms with Crippen LogP contribution >= 0.6 is 27.5 Å². The number of rotatable bonds is 8. The third-order valence-electron chi connectivity index (χ3n) is 4.07. The molecule has 0 aliphatic carbocycles. The summed E-state index contributed by atoms with van der Waals surface area (Å²) in [5, 5.41) is 3.20. The van der Waals surface area contributed by atoms with Crippen molar-refractivity contribution in [2.75, 3.05) is 13.7 Å². The summed E-state index contributed by atoms with van der Waals surface area (Å²) in [4.78, 5) is 26.7. The van der Waals surface area contributed by atoms with Gasteiger partial charge >= 0.3 is 0 Å². The minimum atomic E-state index is -0.569. The first-order valence-electron chi connectivity index (χ1n) is 8.59. The summed E-state index contributed by atoms with van der Waals surface area (Å²) in [5.41, 5.74) is 0.945. The van der Waals surface area contributed by atoms with Crippen LogP contribution in [0.25, 0.3) is 0 Å². The summed E-state index contributed by atoms with van der Waals surface area (Å²) in [6.45, 7) is 2.03. The van der Waals surface area contributed by atoms with Gasteiger partial charge in [0.1, 0.15) is 11.8 Å². The second-order valence-electron chi connectivity index (χ2n) is 5.91. The molecule has 0 aliphatic heterocycles. The van der Waals surface area contributed by atoms with E-state index in [0.29, 0.717) is 28.2 Å². The van der Waals surface area contributed by atoms with Crippen LogP contribution < -0.4 is 10.1 Å². The highest BCUT2D eigenvalue weighted by Crippen LogP contribution is 2.28. The van der Waals surface area contributed by atoms with Gasteiger partial charge in [-0.15, -0.1) is 0 Å². The second kappa shape index (κ2) is 10.3. The Morgan fingerprint density at radius 1 is 1.22 bits per heavy atom. The van der Waals surface area contributed by atoms with Crippen molar-refractivity contribution in [1.82, 2.24) is 10.2 Å². The normalized spacial score (nSPS) is 11.6. The molecule has 0 bridgehead atoms. The minimum Gasteiger partial charge on any atom is -0.483 e. The van der Waals surface area contributed by atoms with Gasteiger partial charge in [0.05, 0.1) is 4.47 Å². The van der Waals surface area contributed by atoms with Crippen molar-refractivity contribution in [3.05, 3.63) is 63.6 Å². The van der Waals surface area contributed by atoms with Gasteiger partial charge in [-0.3, -0.25) is 9.59 Å². The summed E-state index contributed by atoms with van der Waals surface area (Å²) in [6.07, 6.45) is 0.503. The molecule has 0 fully saturated rings. The van der Waals surface area contributed by atoms with E-state index >= 15 is 0 Å². The highest BCUT2D eigenvalue weighted by molar-refractivity contribution is 9.10. The number of nitrogens with zero attached hydrogens (tertiary/aromatic N) is 1. The fourth-order valence-corrected chi connectivity index (χ4v) is 3.48. The Bertz CT molecular complexity index is 786. The summed E-state index contributed by atoms with van der Waals surface area (Å²) >= 11 is 9.29. The van der Waals surface area contributed by atoms with Crippen molar-refractivity contribution in [1.29, 1.82) is 0 Å². The van der Waals surface area contributed by atoms with Crippen LogP contribution in [0.2, 0.25) is 5.02 Å². The van der Waals surface area contributed by atoms with E-state index in [9.17, 15) is 9.59 Å². The number of carbonyl (C=O) groups excluding carboxylic acids is 2. The first-order valence-corrected chi connectivity index (χ1v) is 9.76. The van der Waals surface area contributed by atoms with Gasteiger partial charge in [0, 0.05) is 18.6 Å². The van der Waals surface area contributed by atoms with Gasteiger partial charge in [-0.25, -0.2) is 0 Å². The van der Waals surface area contributed by atoms with E-state index in [0.717, 1.165) is 5.56 Å². The maximum Gasteiger partial charge on any atom is 0.261 e. The van der Waals surface area contributed by atoms with Crippen molar-refractivity contribution >= 4 is 39.3 Å². The number of nitrogens with one attached hydrogen (secondary N) is 1. The molecule has 2 aromatic rings. The SMILES string of the molecule is CC[C@@H](C(=O)NC)N(Cc1ccccc1)C(=O)COc1ccc(Cl)cc1Br. The number of halogens is 2. The number of amides is 2. The van der Waals surface area contributed by atoms with Crippen LogP contribution in [0.3, 0.4) is 0 Å². The van der Waals surface area contributed by atoms with Gasteiger partial charge in [0.15, 0.2) is 6.61 Å². The molecule has 27 heavy (non-hydrogen) atoms. The fourth-order valence-electron chi connectivity index (χ4n) is 2.68. The summed E-state index contributed by atoms with van der Waals surface area (Å²) < 4.78 is 6.31. The van der Waals surface area contributed by atoms with Gasteiger partial charge in [-0.05, 0) is 46.1 Å². The van der Waals surface area contributed by atoms with Crippen molar-refractivity contribution < 1.29 is 14.3 Å². The van der Waals surface area contributed by atoms with Crippen LogP contribution in [0.1, 0.15) is 18.9 Å². The molecule has 2 rings (SSSR count). The molecule has 2 amide bonds. The van der Waals surface area contributed by atoms with Crippen LogP contribution in [0.5, 0.6) is 5.75 Å². The fraction of sp³-hybridized carbons (Fsp3) is 0.300. The van der Waals surface area contributed by atoms with Gasteiger partial charge < -0.3 is 15.0 Å². The number of benzene rings is 2. The topological polar surface area (TPSA) is 58.6 Å². The molecule has 0 saturated heterocycles. The summed E-state index contributed by atoms with van der Waals surface area (Å²) in [7, 11) is 1.57.